The van der Waals surface area contributed by atoms with E-state index < -0.39 is 0 Å². The van der Waals surface area contributed by atoms with E-state index in [1.807, 2.05) is 18.5 Å². The Hall–Kier alpha value is -2.66. The summed E-state index contributed by atoms with van der Waals surface area (Å²) in [6.45, 7) is 8.00. The second kappa shape index (κ2) is 12.9. The van der Waals surface area contributed by atoms with Gasteiger partial charge in [-0.2, -0.15) is 16.2 Å². The normalized spacial score (nSPS) is 14.3. The minimum absolute atomic E-state index is 0.0197. The fraction of sp³-hybridized carbons (Fsp3) is 0.462. The number of nitrogens with zero attached hydrogens (tertiary/aromatic N) is 3. The number of rotatable bonds is 13. The van der Waals surface area contributed by atoms with Crippen LogP contribution in [-0.2, 0) is 28.9 Å². The monoisotopic (exact) mass is 479 g/mol. The highest BCUT2D eigenvalue weighted by atomic mass is 16.7. The third kappa shape index (κ3) is 6.72. The van der Waals surface area contributed by atoms with Crippen LogP contribution in [0.25, 0.3) is 11.1 Å². The topological polar surface area (TPSA) is 97.3 Å². The molecule has 3 aromatic rings. The van der Waals surface area contributed by atoms with E-state index >= 15 is 0 Å². The zero-order chi connectivity index (χ0) is 24.5. The SMILES string of the molecule is CCCCc1nc(CC(OCC)OCC)n(Cc2ccc(-c3ccccc3C3NNNN3)cc2)n1. The maximum absolute atomic E-state index is 5.78. The molecule has 1 aliphatic heterocycles. The third-order valence-corrected chi connectivity index (χ3v) is 5.97. The van der Waals surface area contributed by atoms with Crippen molar-refractivity contribution in [3.63, 3.8) is 0 Å². The molecule has 2 heterocycles. The van der Waals surface area contributed by atoms with Crippen molar-refractivity contribution >= 4 is 0 Å². The second-order valence-electron chi connectivity index (χ2n) is 8.51. The number of hydrazine groups is 3. The summed E-state index contributed by atoms with van der Waals surface area (Å²) in [4.78, 5) is 4.84. The van der Waals surface area contributed by atoms with Crippen molar-refractivity contribution in [1.29, 1.82) is 0 Å². The van der Waals surface area contributed by atoms with Crippen LogP contribution in [0.2, 0.25) is 0 Å². The number of benzene rings is 2. The van der Waals surface area contributed by atoms with Gasteiger partial charge < -0.3 is 9.47 Å². The zero-order valence-corrected chi connectivity index (χ0v) is 20.9. The maximum atomic E-state index is 5.78. The van der Waals surface area contributed by atoms with Crippen molar-refractivity contribution in [2.75, 3.05) is 13.2 Å². The standard InChI is InChI=1S/C26H37N7O2/c1-4-7-12-23-27-24(17-25(34-5-2)35-6-3)33(30-23)18-19-13-15-20(16-14-19)21-10-8-9-11-22(21)26-28-31-32-29-26/h8-11,13-16,25-26,28-29,31-32H,4-7,12,17-18H2,1-3H3. The predicted molar refractivity (Wildman–Crippen MR) is 136 cm³/mol. The molecule has 35 heavy (non-hydrogen) atoms. The molecule has 0 radical (unpaired) electrons. The molecular formula is C26H37N7O2. The molecule has 2 aromatic carbocycles. The molecule has 9 heteroatoms. The third-order valence-electron chi connectivity index (χ3n) is 5.97. The van der Waals surface area contributed by atoms with E-state index in [4.69, 9.17) is 19.6 Å². The fourth-order valence-corrected chi connectivity index (χ4v) is 4.21. The molecule has 188 valence electrons. The van der Waals surface area contributed by atoms with Crippen molar-refractivity contribution in [3.05, 3.63) is 71.3 Å². The summed E-state index contributed by atoms with van der Waals surface area (Å²) in [5.74, 6) is 1.79. The highest BCUT2D eigenvalue weighted by Crippen LogP contribution is 2.28. The number of nitrogens with one attached hydrogen (secondary N) is 4. The molecular weight excluding hydrogens is 442 g/mol. The Bertz CT molecular complexity index is 1040. The van der Waals surface area contributed by atoms with E-state index in [1.54, 1.807) is 0 Å². The van der Waals surface area contributed by atoms with Gasteiger partial charge in [0.15, 0.2) is 12.1 Å². The van der Waals surface area contributed by atoms with Crippen LogP contribution in [0.3, 0.4) is 0 Å². The van der Waals surface area contributed by atoms with Crippen molar-refractivity contribution in [1.82, 2.24) is 36.7 Å². The number of ether oxygens (including phenoxy) is 2. The molecule has 1 aromatic heterocycles. The van der Waals surface area contributed by atoms with Crippen LogP contribution in [0, 0.1) is 0 Å². The molecule has 0 amide bonds. The van der Waals surface area contributed by atoms with Gasteiger partial charge in [-0.05, 0) is 42.5 Å². The van der Waals surface area contributed by atoms with E-state index in [-0.39, 0.29) is 12.5 Å². The van der Waals surface area contributed by atoms with E-state index in [0.717, 1.165) is 42.0 Å². The number of unbranched alkanes of at least 4 members (excludes halogenated alkanes) is 1. The predicted octanol–water partition coefficient (Wildman–Crippen LogP) is 3.39. The van der Waals surface area contributed by atoms with Crippen LogP contribution in [-0.4, -0.2) is 34.3 Å². The first-order chi connectivity index (χ1) is 17.2. The van der Waals surface area contributed by atoms with Crippen molar-refractivity contribution < 1.29 is 9.47 Å². The van der Waals surface area contributed by atoms with Gasteiger partial charge >= 0.3 is 0 Å². The first-order valence-corrected chi connectivity index (χ1v) is 12.6. The average molecular weight is 480 g/mol. The Balaban J connectivity index is 1.53. The zero-order valence-electron chi connectivity index (χ0n) is 20.9. The van der Waals surface area contributed by atoms with E-state index in [2.05, 4.69) is 77.4 Å². The molecule has 0 bridgehead atoms. The van der Waals surface area contributed by atoms with Gasteiger partial charge in [0.2, 0.25) is 0 Å². The van der Waals surface area contributed by atoms with Gasteiger partial charge in [-0.25, -0.2) is 20.5 Å². The van der Waals surface area contributed by atoms with Crippen LogP contribution >= 0.6 is 0 Å². The summed E-state index contributed by atoms with van der Waals surface area (Å²) < 4.78 is 13.6. The molecule has 0 aliphatic carbocycles. The molecule has 0 unspecified atom stereocenters. The lowest BCUT2D eigenvalue weighted by Gasteiger charge is -2.17. The Kier molecular flexibility index (Phi) is 9.35. The van der Waals surface area contributed by atoms with Crippen LogP contribution in [0.1, 0.15) is 62.6 Å². The highest BCUT2D eigenvalue weighted by Gasteiger charge is 2.19. The first-order valence-electron chi connectivity index (χ1n) is 12.6. The van der Waals surface area contributed by atoms with E-state index in [1.165, 1.54) is 11.1 Å². The van der Waals surface area contributed by atoms with Crippen molar-refractivity contribution in [2.45, 2.75) is 65.5 Å². The Morgan fingerprint density at radius 1 is 0.943 bits per heavy atom. The Morgan fingerprint density at radius 3 is 2.34 bits per heavy atom. The largest absolute Gasteiger partial charge is 0.352 e. The quantitative estimate of drug-likeness (QED) is 0.277. The van der Waals surface area contributed by atoms with Gasteiger partial charge in [0.1, 0.15) is 12.0 Å². The summed E-state index contributed by atoms with van der Waals surface area (Å²) in [5.41, 5.74) is 16.8. The number of aryl methyl sites for hydroxylation is 1. The van der Waals surface area contributed by atoms with Crippen LogP contribution in [0.15, 0.2) is 48.5 Å². The summed E-state index contributed by atoms with van der Waals surface area (Å²) in [5, 5.41) is 4.83. The molecule has 1 saturated heterocycles. The van der Waals surface area contributed by atoms with Crippen LogP contribution in [0.5, 0.6) is 0 Å². The Morgan fingerprint density at radius 2 is 1.66 bits per heavy atom. The highest BCUT2D eigenvalue weighted by molar-refractivity contribution is 5.68. The lowest BCUT2D eigenvalue weighted by molar-refractivity contribution is -0.135. The molecule has 4 N–H and O–H groups in total. The Labute approximate surface area is 207 Å². The van der Waals surface area contributed by atoms with Gasteiger partial charge in [0.25, 0.3) is 0 Å². The molecule has 1 fully saturated rings. The minimum Gasteiger partial charge on any atom is -0.352 e. The van der Waals surface area contributed by atoms with Crippen LogP contribution < -0.4 is 21.9 Å². The van der Waals surface area contributed by atoms with Crippen molar-refractivity contribution in [2.24, 2.45) is 0 Å². The summed E-state index contributed by atoms with van der Waals surface area (Å²) >= 11 is 0. The summed E-state index contributed by atoms with van der Waals surface area (Å²) in [6.07, 6.45) is 3.32. The summed E-state index contributed by atoms with van der Waals surface area (Å²) in [7, 11) is 0. The lowest BCUT2D eigenvalue weighted by atomic mass is 9.97. The van der Waals surface area contributed by atoms with Crippen molar-refractivity contribution in [3.8, 4) is 11.1 Å². The number of hydrogen-bond acceptors (Lipinski definition) is 8. The van der Waals surface area contributed by atoms with E-state index in [0.29, 0.717) is 26.2 Å². The maximum Gasteiger partial charge on any atom is 0.164 e. The second-order valence-corrected chi connectivity index (χ2v) is 8.51. The number of hydrogen-bond donors (Lipinski definition) is 4. The molecule has 0 saturated carbocycles. The van der Waals surface area contributed by atoms with Gasteiger partial charge in [0.05, 0.1) is 13.0 Å². The lowest BCUT2D eigenvalue weighted by Crippen LogP contribution is -2.33. The fourth-order valence-electron chi connectivity index (χ4n) is 4.21. The van der Waals surface area contributed by atoms with Gasteiger partial charge in [-0.15, -0.1) is 0 Å². The summed E-state index contributed by atoms with van der Waals surface area (Å²) in [6, 6.07) is 17.0. The van der Waals surface area contributed by atoms with E-state index in [9.17, 15) is 0 Å². The van der Waals surface area contributed by atoms with Crippen LogP contribution in [0.4, 0.5) is 0 Å². The molecule has 9 nitrogen and oxygen atoms in total. The van der Waals surface area contributed by atoms with Gasteiger partial charge in [0, 0.05) is 19.6 Å². The molecule has 0 atom stereocenters. The number of aromatic nitrogens is 3. The average Bonchev–Trinajstić information content (AvgIpc) is 3.54. The molecule has 4 rings (SSSR count). The minimum atomic E-state index is -0.312. The molecule has 1 aliphatic rings. The van der Waals surface area contributed by atoms with Gasteiger partial charge in [-0.1, -0.05) is 61.9 Å². The first kappa shape index (κ1) is 25.4. The van der Waals surface area contributed by atoms with Gasteiger partial charge in [-0.3, -0.25) is 0 Å². The smallest absolute Gasteiger partial charge is 0.164 e. The molecule has 0 spiro atoms.